The zero-order chi connectivity index (χ0) is 7.56. The van der Waals surface area contributed by atoms with E-state index in [4.69, 9.17) is 0 Å². The number of nitrogens with zero attached hydrogens (tertiary/aromatic N) is 1. The van der Waals surface area contributed by atoms with E-state index in [2.05, 4.69) is 5.32 Å². The molecule has 1 fully saturated rings. The SMILES string of the molecule is CN(C=O)C1CSC(=O)N1. The van der Waals surface area contributed by atoms with Crippen molar-refractivity contribution in [3.05, 3.63) is 0 Å². The smallest absolute Gasteiger partial charge is 0.280 e. The lowest BCUT2D eigenvalue weighted by atomic mass is 10.5. The number of hydrogen-bond donors (Lipinski definition) is 1. The molecule has 1 N–H and O–H groups in total. The van der Waals surface area contributed by atoms with Crippen LogP contribution in [0.5, 0.6) is 0 Å². The third-order valence-electron chi connectivity index (χ3n) is 1.31. The predicted molar refractivity (Wildman–Crippen MR) is 38.6 cm³/mol. The topological polar surface area (TPSA) is 49.4 Å². The highest BCUT2D eigenvalue weighted by Gasteiger charge is 2.23. The Kier molecular flexibility index (Phi) is 2.16. The van der Waals surface area contributed by atoms with E-state index in [9.17, 15) is 9.59 Å². The van der Waals surface area contributed by atoms with Gasteiger partial charge in [0.15, 0.2) is 0 Å². The number of carbonyl (C=O) groups is 2. The van der Waals surface area contributed by atoms with Gasteiger partial charge in [-0.3, -0.25) is 9.59 Å². The van der Waals surface area contributed by atoms with E-state index in [1.165, 1.54) is 16.7 Å². The van der Waals surface area contributed by atoms with Crippen molar-refractivity contribution in [1.29, 1.82) is 0 Å². The van der Waals surface area contributed by atoms with Gasteiger partial charge in [-0.25, -0.2) is 0 Å². The van der Waals surface area contributed by atoms with Gasteiger partial charge in [0.2, 0.25) is 6.41 Å². The van der Waals surface area contributed by atoms with Gasteiger partial charge in [-0.1, -0.05) is 11.8 Å². The van der Waals surface area contributed by atoms with Gasteiger partial charge in [0.1, 0.15) is 6.17 Å². The lowest BCUT2D eigenvalue weighted by Gasteiger charge is -2.17. The van der Waals surface area contributed by atoms with Crippen LogP contribution in [-0.2, 0) is 4.79 Å². The van der Waals surface area contributed by atoms with E-state index in [1.54, 1.807) is 7.05 Å². The van der Waals surface area contributed by atoms with Crippen LogP contribution in [0.4, 0.5) is 4.79 Å². The minimum atomic E-state index is -0.116. The number of hydrogen-bond acceptors (Lipinski definition) is 3. The van der Waals surface area contributed by atoms with E-state index < -0.39 is 0 Å². The largest absolute Gasteiger partial charge is 0.327 e. The number of nitrogens with one attached hydrogen (secondary N) is 1. The van der Waals surface area contributed by atoms with Crippen LogP contribution in [0.15, 0.2) is 0 Å². The number of thioether (sulfide) groups is 1. The minimum absolute atomic E-state index is 0.0568. The highest BCUT2D eigenvalue weighted by Crippen LogP contribution is 2.13. The third kappa shape index (κ3) is 1.41. The fourth-order valence-corrected chi connectivity index (χ4v) is 1.51. The van der Waals surface area contributed by atoms with Crippen LogP contribution in [-0.4, -0.2) is 35.5 Å². The summed E-state index contributed by atoms with van der Waals surface area (Å²) in [5.74, 6) is 0.647. The van der Waals surface area contributed by atoms with Crippen molar-refractivity contribution in [2.75, 3.05) is 12.8 Å². The average Bonchev–Trinajstić information content (AvgIpc) is 2.34. The van der Waals surface area contributed by atoms with Crippen molar-refractivity contribution >= 4 is 23.4 Å². The molecule has 1 aliphatic rings. The third-order valence-corrected chi connectivity index (χ3v) is 2.18. The van der Waals surface area contributed by atoms with Crippen molar-refractivity contribution in [2.45, 2.75) is 6.17 Å². The summed E-state index contributed by atoms with van der Waals surface area (Å²) in [6, 6.07) is 0. The van der Waals surface area contributed by atoms with Crippen LogP contribution in [0, 0.1) is 0 Å². The van der Waals surface area contributed by atoms with Gasteiger partial charge in [0.05, 0.1) is 0 Å². The fourth-order valence-electron chi connectivity index (χ4n) is 0.667. The van der Waals surface area contributed by atoms with Crippen molar-refractivity contribution < 1.29 is 9.59 Å². The van der Waals surface area contributed by atoms with E-state index in [0.29, 0.717) is 12.2 Å². The molecule has 0 aromatic rings. The Labute approximate surface area is 62.9 Å². The Morgan fingerprint density at radius 3 is 3.00 bits per heavy atom. The average molecular weight is 160 g/mol. The van der Waals surface area contributed by atoms with Crippen molar-refractivity contribution in [2.24, 2.45) is 0 Å². The number of carbonyl (C=O) groups excluding carboxylic acids is 2. The van der Waals surface area contributed by atoms with E-state index in [1.807, 2.05) is 0 Å². The molecule has 0 bridgehead atoms. The van der Waals surface area contributed by atoms with Gasteiger partial charge in [-0.2, -0.15) is 0 Å². The fraction of sp³-hybridized carbons (Fsp3) is 0.600. The summed E-state index contributed by atoms with van der Waals surface area (Å²) < 4.78 is 0. The second-order valence-corrected chi connectivity index (χ2v) is 3.02. The molecule has 0 aromatic heterocycles. The van der Waals surface area contributed by atoms with Gasteiger partial charge >= 0.3 is 0 Å². The van der Waals surface area contributed by atoms with Crippen molar-refractivity contribution in [3.63, 3.8) is 0 Å². The molecule has 0 aromatic carbocycles. The quantitative estimate of drug-likeness (QED) is 0.572. The second-order valence-electron chi connectivity index (χ2n) is 2.03. The molecular formula is C5H8N2O2S. The van der Waals surface area contributed by atoms with E-state index in [0.717, 1.165) is 0 Å². The number of rotatable bonds is 2. The first kappa shape index (κ1) is 7.40. The highest BCUT2D eigenvalue weighted by molar-refractivity contribution is 8.13. The summed E-state index contributed by atoms with van der Waals surface area (Å²) >= 11 is 1.20. The van der Waals surface area contributed by atoms with Crippen molar-refractivity contribution in [3.8, 4) is 0 Å². The van der Waals surface area contributed by atoms with Crippen LogP contribution in [0.2, 0.25) is 0 Å². The molecule has 4 nitrogen and oxygen atoms in total. The molecule has 0 saturated carbocycles. The molecule has 1 rings (SSSR count). The Morgan fingerprint density at radius 1 is 1.90 bits per heavy atom. The first-order chi connectivity index (χ1) is 4.74. The molecular weight excluding hydrogens is 152 g/mol. The van der Waals surface area contributed by atoms with E-state index >= 15 is 0 Å². The summed E-state index contributed by atoms with van der Waals surface area (Å²) in [6.07, 6.45) is 0.589. The van der Waals surface area contributed by atoms with Crippen LogP contribution in [0.1, 0.15) is 0 Å². The normalized spacial score (nSPS) is 24.1. The monoisotopic (exact) mass is 160 g/mol. The van der Waals surface area contributed by atoms with Gasteiger partial charge < -0.3 is 10.2 Å². The lowest BCUT2D eigenvalue weighted by Crippen LogP contribution is -2.40. The second kappa shape index (κ2) is 2.92. The molecule has 10 heavy (non-hydrogen) atoms. The van der Waals surface area contributed by atoms with Crippen LogP contribution in [0.3, 0.4) is 0 Å². The summed E-state index contributed by atoms with van der Waals surface area (Å²) in [5, 5.41) is 2.57. The minimum Gasteiger partial charge on any atom is -0.327 e. The predicted octanol–water partition coefficient (Wildman–Crippen LogP) is -0.143. The Hall–Kier alpha value is -0.710. The number of amides is 2. The molecule has 0 aliphatic carbocycles. The standard InChI is InChI=1S/C5H8N2O2S/c1-7(3-8)4-2-10-5(9)6-4/h3-4H,2H2,1H3,(H,6,9). The maximum atomic E-state index is 10.6. The molecule has 5 heteroatoms. The Bertz CT molecular complexity index is 162. The lowest BCUT2D eigenvalue weighted by molar-refractivity contribution is -0.118. The summed E-state index contributed by atoms with van der Waals surface area (Å²) in [4.78, 5) is 22.2. The molecule has 1 atom stereocenters. The molecule has 56 valence electrons. The van der Waals surface area contributed by atoms with Gasteiger partial charge in [-0.05, 0) is 0 Å². The highest BCUT2D eigenvalue weighted by atomic mass is 32.2. The van der Waals surface area contributed by atoms with Gasteiger partial charge in [0.25, 0.3) is 5.24 Å². The van der Waals surface area contributed by atoms with E-state index in [-0.39, 0.29) is 11.4 Å². The first-order valence-corrected chi connectivity index (χ1v) is 3.83. The summed E-state index contributed by atoms with van der Waals surface area (Å²) in [6.45, 7) is 0. The molecule has 0 radical (unpaired) electrons. The molecule has 1 heterocycles. The zero-order valence-corrected chi connectivity index (χ0v) is 6.35. The van der Waals surface area contributed by atoms with Crippen LogP contribution in [0.25, 0.3) is 0 Å². The maximum absolute atomic E-state index is 10.6. The van der Waals surface area contributed by atoms with Crippen LogP contribution < -0.4 is 5.32 Å². The molecule has 1 aliphatic heterocycles. The maximum Gasteiger partial charge on any atom is 0.280 e. The van der Waals surface area contributed by atoms with Gasteiger partial charge in [0, 0.05) is 12.8 Å². The Morgan fingerprint density at radius 2 is 2.60 bits per heavy atom. The molecule has 1 saturated heterocycles. The van der Waals surface area contributed by atoms with Gasteiger partial charge in [-0.15, -0.1) is 0 Å². The first-order valence-electron chi connectivity index (χ1n) is 2.84. The Balaban J connectivity index is 2.43. The van der Waals surface area contributed by atoms with Crippen molar-refractivity contribution in [1.82, 2.24) is 10.2 Å². The van der Waals surface area contributed by atoms with Crippen LogP contribution >= 0.6 is 11.8 Å². The molecule has 0 spiro atoms. The zero-order valence-electron chi connectivity index (χ0n) is 5.53. The summed E-state index contributed by atoms with van der Waals surface area (Å²) in [5.41, 5.74) is 0. The summed E-state index contributed by atoms with van der Waals surface area (Å²) in [7, 11) is 1.64. The molecule has 1 unspecified atom stereocenters. The molecule has 2 amide bonds.